The Morgan fingerprint density at radius 3 is 2.26 bits per heavy atom. The summed E-state index contributed by atoms with van der Waals surface area (Å²) in [5.41, 5.74) is -6.04. The van der Waals surface area contributed by atoms with Crippen LogP contribution in [0, 0.1) is 39.4 Å². The summed E-state index contributed by atoms with van der Waals surface area (Å²) in [4.78, 5) is 65.8. The van der Waals surface area contributed by atoms with E-state index in [1.807, 2.05) is 6.92 Å². The summed E-state index contributed by atoms with van der Waals surface area (Å²) in [5.74, 6) is -2.73. The maximum absolute atomic E-state index is 13.7. The summed E-state index contributed by atoms with van der Waals surface area (Å²) in [6.07, 6.45) is 5.67. The van der Waals surface area contributed by atoms with Gasteiger partial charge in [-0.05, 0) is 74.7 Å². The molecule has 14 heteroatoms. The molecule has 292 valence electrons. The second kappa shape index (κ2) is 13.3. The number of epoxide rings is 1. The average molecular weight is 743 g/mol. The van der Waals surface area contributed by atoms with E-state index in [2.05, 4.69) is 25.4 Å². The topological polar surface area (TPSA) is 182 Å². The third-order valence-corrected chi connectivity index (χ3v) is 14.9. The first kappa shape index (κ1) is 39.1. The number of cyclic esters (lactones) is 1. The van der Waals surface area contributed by atoms with Crippen molar-refractivity contribution >= 4 is 30.3 Å². The standard InChI is InChI=1S/C35H50O11.C4H4N2O/c1-18-16-34(40)24-12-14-30(5)22(13-15-33(19(2)41-8)17-43-25(38)11-10-23(30)33)31(24,6)27(44-20(3)36)28(45-21(4)37)32(34,7)35(26(18)46-35)29(39)42-9;7-4-6-2-1-5-3-6/h19,22-24,26-28,40H,1,10-17H2,2-9H3;1-4H/t19?,22?,23-,24?,26+,27+,28-,30+,31+,32+,33-,34+,35-;/m0./s1. The van der Waals surface area contributed by atoms with Crippen LogP contribution in [0.5, 0.6) is 0 Å². The summed E-state index contributed by atoms with van der Waals surface area (Å²) in [7, 11) is 2.95. The van der Waals surface area contributed by atoms with Crippen LogP contribution in [0.1, 0.15) is 86.5 Å². The molecule has 1 aromatic heterocycles. The number of rotatable bonds is 6. The minimum absolute atomic E-state index is 0.0184. The van der Waals surface area contributed by atoms with Gasteiger partial charge in [0.15, 0.2) is 6.10 Å². The zero-order valence-electron chi connectivity index (χ0n) is 32.0. The number of ether oxygens (including phenoxy) is 6. The summed E-state index contributed by atoms with van der Waals surface area (Å²) in [5, 5.41) is 13.3. The van der Waals surface area contributed by atoms with Crippen LogP contribution in [-0.2, 0) is 52.4 Å². The highest BCUT2D eigenvalue weighted by Gasteiger charge is 2.90. The van der Waals surface area contributed by atoms with Crippen molar-refractivity contribution in [1.29, 1.82) is 0 Å². The van der Waals surface area contributed by atoms with Gasteiger partial charge in [0.2, 0.25) is 12.0 Å². The molecule has 6 aliphatic rings. The van der Waals surface area contributed by atoms with E-state index in [-0.39, 0.29) is 43.4 Å². The lowest BCUT2D eigenvalue weighted by Crippen LogP contribution is -2.82. The molecule has 0 amide bonds. The Bertz CT molecular complexity index is 1660. The van der Waals surface area contributed by atoms with Gasteiger partial charge in [0, 0.05) is 57.0 Å². The van der Waals surface area contributed by atoms with Gasteiger partial charge < -0.3 is 33.5 Å². The fourth-order valence-electron chi connectivity index (χ4n) is 12.5. The number of hydrogen-bond donors (Lipinski definition) is 1. The fraction of sp³-hybridized carbons (Fsp3) is 0.744. The second-order valence-electron chi connectivity index (χ2n) is 16.8. The lowest BCUT2D eigenvalue weighted by Gasteiger charge is -2.73. The molecule has 0 bridgehead atoms. The first-order chi connectivity index (χ1) is 24.9. The maximum atomic E-state index is 13.7. The number of methoxy groups -OCH3 is 2. The molecule has 0 radical (unpaired) electrons. The molecule has 1 aromatic rings. The van der Waals surface area contributed by atoms with Crippen molar-refractivity contribution in [3.63, 3.8) is 0 Å². The lowest BCUT2D eigenvalue weighted by atomic mass is 9.32. The quantitative estimate of drug-likeness (QED) is 0.147. The molecule has 53 heavy (non-hydrogen) atoms. The van der Waals surface area contributed by atoms with Crippen LogP contribution < -0.4 is 0 Å². The highest BCUT2D eigenvalue weighted by Crippen LogP contribution is 2.78. The molecule has 4 aliphatic carbocycles. The number of nitrogens with zero attached hydrogens (tertiary/aromatic N) is 2. The van der Waals surface area contributed by atoms with Crippen molar-refractivity contribution in [1.82, 2.24) is 9.55 Å². The number of esters is 4. The fourth-order valence-corrected chi connectivity index (χ4v) is 12.5. The van der Waals surface area contributed by atoms with Crippen molar-refractivity contribution < 1.29 is 57.5 Å². The van der Waals surface area contributed by atoms with Crippen molar-refractivity contribution in [3.8, 4) is 0 Å². The first-order valence-electron chi connectivity index (χ1n) is 18.5. The predicted molar refractivity (Wildman–Crippen MR) is 186 cm³/mol. The Kier molecular flexibility index (Phi) is 9.80. The highest BCUT2D eigenvalue weighted by molar-refractivity contribution is 5.87. The highest BCUT2D eigenvalue weighted by atomic mass is 16.7. The monoisotopic (exact) mass is 742 g/mol. The lowest BCUT2D eigenvalue weighted by molar-refractivity contribution is -0.338. The van der Waals surface area contributed by atoms with Gasteiger partial charge in [0.1, 0.15) is 18.5 Å². The molecule has 4 saturated carbocycles. The van der Waals surface area contributed by atoms with Gasteiger partial charge in [-0.1, -0.05) is 20.4 Å². The van der Waals surface area contributed by atoms with Crippen LogP contribution in [0.2, 0.25) is 0 Å². The summed E-state index contributed by atoms with van der Waals surface area (Å²) >= 11 is 0. The van der Waals surface area contributed by atoms with Crippen molar-refractivity contribution in [2.24, 2.45) is 39.4 Å². The largest absolute Gasteiger partial charge is 0.467 e. The number of carbonyl (C=O) groups is 5. The summed E-state index contributed by atoms with van der Waals surface area (Å²) < 4.78 is 37.0. The summed E-state index contributed by atoms with van der Waals surface area (Å²) in [6, 6.07) is 0. The van der Waals surface area contributed by atoms with Gasteiger partial charge in [0.25, 0.3) is 0 Å². The second-order valence-corrected chi connectivity index (χ2v) is 16.8. The van der Waals surface area contributed by atoms with E-state index in [0.29, 0.717) is 44.1 Å². The maximum Gasteiger partial charge on any atom is 0.342 e. The molecule has 7 rings (SSSR count). The average Bonchev–Trinajstić information content (AvgIpc) is 3.73. The molecule has 3 heterocycles. The Morgan fingerprint density at radius 2 is 1.70 bits per heavy atom. The van der Waals surface area contributed by atoms with Crippen LogP contribution >= 0.6 is 0 Å². The third-order valence-electron chi connectivity index (χ3n) is 14.9. The minimum atomic E-state index is -1.68. The molecule has 14 nitrogen and oxygen atoms in total. The van der Waals surface area contributed by atoms with Crippen LogP contribution in [0.15, 0.2) is 30.9 Å². The Balaban J connectivity index is 0.000000616. The number of imidazole rings is 1. The number of aromatic nitrogens is 2. The first-order valence-corrected chi connectivity index (χ1v) is 18.5. The van der Waals surface area contributed by atoms with Gasteiger partial charge in [-0.15, -0.1) is 0 Å². The van der Waals surface area contributed by atoms with E-state index in [1.165, 1.54) is 31.9 Å². The van der Waals surface area contributed by atoms with Crippen LogP contribution in [0.4, 0.5) is 0 Å². The number of hydrogen-bond acceptors (Lipinski definition) is 13. The van der Waals surface area contributed by atoms with E-state index in [1.54, 1.807) is 26.4 Å². The van der Waals surface area contributed by atoms with E-state index in [9.17, 15) is 29.1 Å². The molecule has 13 atom stereocenters. The molecule has 6 fully saturated rings. The smallest absolute Gasteiger partial charge is 0.342 e. The molecular weight excluding hydrogens is 688 g/mol. The van der Waals surface area contributed by atoms with E-state index < -0.39 is 75.0 Å². The normalized spacial score (nSPS) is 44.2. The Morgan fingerprint density at radius 1 is 1.04 bits per heavy atom. The van der Waals surface area contributed by atoms with Crippen LogP contribution in [-0.4, -0.2) is 101 Å². The zero-order valence-corrected chi connectivity index (χ0v) is 32.0. The van der Waals surface area contributed by atoms with Gasteiger partial charge in [-0.2, -0.15) is 0 Å². The number of aliphatic hydroxyl groups is 1. The van der Waals surface area contributed by atoms with Crippen LogP contribution in [0.3, 0.4) is 0 Å². The van der Waals surface area contributed by atoms with E-state index >= 15 is 0 Å². The molecular formula is C39H54N2O12. The Hall–Kier alpha value is -3.62. The number of carbonyl (C=O) groups excluding carboxylic acids is 5. The molecule has 2 saturated heterocycles. The van der Waals surface area contributed by atoms with E-state index in [0.717, 1.165) is 0 Å². The molecule has 0 spiro atoms. The van der Waals surface area contributed by atoms with Crippen molar-refractivity contribution in [2.45, 2.75) is 122 Å². The summed E-state index contributed by atoms with van der Waals surface area (Å²) in [6.45, 7) is 15.2. The minimum Gasteiger partial charge on any atom is -0.467 e. The number of fused-ring (bicyclic) bond motifs is 9. The predicted octanol–water partition coefficient (Wildman–Crippen LogP) is 3.60. The van der Waals surface area contributed by atoms with Crippen molar-refractivity contribution in [3.05, 3.63) is 30.9 Å². The molecule has 3 unspecified atom stereocenters. The molecule has 0 aromatic carbocycles. The Labute approximate surface area is 310 Å². The molecule has 1 N–H and O–H groups in total. The van der Waals surface area contributed by atoms with Crippen LogP contribution in [0.25, 0.3) is 0 Å². The van der Waals surface area contributed by atoms with Gasteiger partial charge in [-0.3, -0.25) is 23.7 Å². The third kappa shape index (κ3) is 5.28. The van der Waals surface area contributed by atoms with Crippen molar-refractivity contribution in [2.75, 3.05) is 20.8 Å². The van der Waals surface area contributed by atoms with Gasteiger partial charge >= 0.3 is 23.9 Å². The van der Waals surface area contributed by atoms with Gasteiger partial charge in [0.05, 0.1) is 30.8 Å². The SMILES string of the molecule is C=C1C[C@@]2(O)C3CC[C@]4(C)C(CC[C@@]5(C(C)OC)COC(=O)CC[C@H]54)[C@@]3(C)[C@H](OC(C)=O)[C@H](OC(C)=O)[C@@]2(C)[C@]2(C(=O)OC)O[C@H]12.O=Cn1ccnc1. The van der Waals surface area contributed by atoms with Gasteiger partial charge in [-0.25, -0.2) is 9.78 Å². The molecule has 2 aliphatic heterocycles. The zero-order chi connectivity index (χ0) is 38.9. The van der Waals surface area contributed by atoms with E-state index in [4.69, 9.17) is 28.4 Å².